The average Bonchev–Trinajstić information content (AvgIpc) is 3.98. The zero-order valence-corrected chi connectivity index (χ0v) is 26.1. The molecule has 1 spiro atoms. The Morgan fingerprint density at radius 1 is 0.561 bits per heavy atom. The van der Waals surface area contributed by atoms with Crippen LogP contribution in [0.25, 0.3) is 0 Å². The summed E-state index contributed by atoms with van der Waals surface area (Å²) in [5.41, 5.74) is 0. The van der Waals surface area contributed by atoms with Gasteiger partial charge in [0, 0.05) is 0 Å². The SMILES string of the molecule is CN([C@@H](CP(c1ccccc1)c1ccccc1)[C]12[CH]3[CH]4[CH]5[CH]1[Fe]45321678[CH]2[CH]1[CH]6[CH]7[CH]28)P(c1ccccc1)c1ccccc1. The van der Waals surface area contributed by atoms with Crippen molar-refractivity contribution in [2.75, 3.05) is 13.2 Å². The van der Waals surface area contributed by atoms with Crippen molar-refractivity contribution in [1.82, 2.24) is 4.67 Å². The maximum absolute atomic E-state index is 3.41. The summed E-state index contributed by atoms with van der Waals surface area (Å²) in [6, 6.07) is 47.4. The van der Waals surface area contributed by atoms with Crippen molar-refractivity contribution < 1.29 is 6.51 Å². The van der Waals surface area contributed by atoms with Crippen molar-refractivity contribution in [3.05, 3.63) is 121 Å². The van der Waals surface area contributed by atoms with Gasteiger partial charge < -0.3 is 0 Å². The van der Waals surface area contributed by atoms with Crippen LogP contribution >= 0.6 is 16.0 Å². The van der Waals surface area contributed by atoms with Gasteiger partial charge in [0.05, 0.1) is 0 Å². The van der Waals surface area contributed by atoms with E-state index in [9.17, 15) is 0 Å². The number of rotatable bonds is 9. The molecule has 0 amide bonds. The van der Waals surface area contributed by atoms with E-state index in [4.69, 9.17) is 0 Å². The van der Waals surface area contributed by atoms with Crippen molar-refractivity contribution in [2.24, 2.45) is 0 Å². The fraction of sp³-hybridized carbons (Fsp3) is 0.351. The fourth-order valence-corrected chi connectivity index (χ4v) is 102. The van der Waals surface area contributed by atoms with E-state index < -0.39 is 22.5 Å². The molecule has 1 nitrogen and oxygen atoms in total. The van der Waals surface area contributed by atoms with Crippen molar-refractivity contribution in [2.45, 2.75) is 53.7 Å². The van der Waals surface area contributed by atoms with Crippen LogP contribution in [0.5, 0.6) is 0 Å². The molecule has 0 saturated carbocycles. The van der Waals surface area contributed by atoms with Gasteiger partial charge in [0.25, 0.3) is 0 Å². The van der Waals surface area contributed by atoms with Crippen LogP contribution in [-0.2, 0) is 6.51 Å². The van der Waals surface area contributed by atoms with Gasteiger partial charge >= 0.3 is 237 Å². The minimum atomic E-state index is -3.41. The fourth-order valence-electron chi connectivity index (χ4n) is 21.4. The molecular weight excluding hydrogens is 576 g/mol. The van der Waals surface area contributed by atoms with Crippen LogP contribution in [0.3, 0.4) is 0 Å². The first kappa shape index (κ1) is 21.0. The van der Waals surface area contributed by atoms with Gasteiger partial charge in [-0.1, -0.05) is 0 Å². The van der Waals surface area contributed by atoms with E-state index in [-0.39, 0.29) is 0 Å². The van der Waals surface area contributed by atoms with Crippen LogP contribution in [0.2, 0.25) is 47.7 Å². The van der Waals surface area contributed by atoms with Crippen molar-refractivity contribution in [3.8, 4) is 0 Å². The number of nitrogens with zero attached hydrogens (tertiary/aromatic N) is 1. The van der Waals surface area contributed by atoms with Crippen LogP contribution in [0.1, 0.15) is 0 Å². The zero-order valence-electron chi connectivity index (χ0n) is 23.2. The number of benzene rings is 4. The maximum atomic E-state index is 3.07. The second kappa shape index (κ2) is 3.60. The first-order valence-electron chi connectivity index (χ1n) is 15.7. The van der Waals surface area contributed by atoms with Gasteiger partial charge in [-0.25, -0.2) is 0 Å². The molecule has 41 heavy (non-hydrogen) atoms. The quantitative estimate of drug-likeness (QED) is 0.136. The molecule has 10 saturated heterocycles. The predicted molar refractivity (Wildman–Crippen MR) is 171 cm³/mol. The summed E-state index contributed by atoms with van der Waals surface area (Å²) in [5.74, 6) is 0. The van der Waals surface area contributed by atoms with Crippen molar-refractivity contribution in [3.63, 3.8) is 0 Å². The molecule has 0 aromatic heterocycles. The molecule has 4 unspecified atom stereocenters. The molecule has 0 N–H and O–H groups in total. The molecule has 4 heteroatoms. The third-order valence-electron chi connectivity index (χ3n) is 20.6. The topological polar surface area (TPSA) is 3.24 Å². The number of hydrogen-bond donors (Lipinski definition) is 0. The first-order chi connectivity index (χ1) is 20.0. The Bertz CT molecular complexity index is 2040. The first-order valence-corrected chi connectivity index (χ1v) is 24.8. The van der Waals surface area contributed by atoms with Crippen LogP contribution in [0.4, 0.5) is 0 Å². The van der Waals surface area contributed by atoms with Gasteiger partial charge in [0.2, 0.25) is 0 Å². The summed E-state index contributed by atoms with van der Waals surface area (Å²) < 4.78 is 3.89. The Morgan fingerprint density at radius 2 is 0.927 bits per heavy atom. The Morgan fingerprint density at radius 3 is 1.24 bits per heavy atom. The number of fused-ring (bicyclic) bond motifs is 10. The van der Waals surface area contributed by atoms with Crippen LogP contribution < -0.4 is 21.2 Å². The van der Waals surface area contributed by atoms with Gasteiger partial charge in [0.15, 0.2) is 0 Å². The van der Waals surface area contributed by atoms with E-state index in [0.29, 0.717) is 0 Å². The zero-order chi connectivity index (χ0) is 26.5. The van der Waals surface area contributed by atoms with Gasteiger partial charge in [-0.15, -0.1) is 0 Å². The number of hydrogen-bond acceptors (Lipinski definition) is 1. The van der Waals surface area contributed by atoms with Gasteiger partial charge in [-0.05, 0) is 0 Å². The van der Waals surface area contributed by atoms with Crippen LogP contribution in [0, 0.1) is 0 Å². The molecule has 0 bridgehead atoms. The molecule has 206 valence electrons. The van der Waals surface area contributed by atoms with E-state index in [1.165, 1.54) is 60.1 Å². The molecule has 5 atom stereocenters. The molecule has 10 heterocycles. The Hall–Kier alpha value is -1.78. The Kier molecular flexibility index (Phi) is 1.85. The second-order valence-corrected chi connectivity index (χ2v) is 45.2. The Balaban J connectivity index is 0.999. The summed E-state index contributed by atoms with van der Waals surface area (Å²) in [4.78, 5) is 12.1. The standard InChI is InChI=1S/C32H30NP2.C5H5.Fe/c1-33(35(30-22-10-4-11-23-30)31-24-12-5-13-25-31)32(27-16-14-15-17-27)26-34(28-18-6-2-7-19-28)29-20-8-3-9-21-29;1-2-4-5-3-1;/h2-25,32H,26H2,1H3;1-5H;/t32-;;/m0../s1. The molecular formula is C37H35FeNP2. The summed E-state index contributed by atoms with van der Waals surface area (Å²) in [7, 11) is 1.62. The van der Waals surface area contributed by atoms with E-state index in [1.54, 1.807) is 10.6 Å². The van der Waals surface area contributed by atoms with Crippen molar-refractivity contribution >= 4 is 37.2 Å². The summed E-state index contributed by atoms with van der Waals surface area (Å²) in [6.07, 6.45) is 1.36. The predicted octanol–water partition coefficient (Wildman–Crippen LogP) is 8.23. The summed E-state index contributed by atoms with van der Waals surface area (Å²) in [5, 5.41) is 6.25. The second-order valence-electron chi connectivity index (χ2n) is 17.1. The third-order valence-corrected chi connectivity index (χ3v) is 68.3. The van der Waals surface area contributed by atoms with Crippen LogP contribution in [-0.4, -0.2) is 23.9 Å². The molecule has 4 aromatic carbocycles. The van der Waals surface area contributed by atoms with Crippen molar-refractivity contribution in [1.29, 1.82) is 0 Å². The molecule has 0 aliphatic carbocycles. The average molecular weight is 611 g/mol. The van der Waals surface area contributed by atoms with Gasteiger partial charge in [-0.3, -0.25) is 0 Å². The van der Waals surface area contributed by atoms with E-state index in [1.807, 2.05) is 0 Å². The molecule has 14 rings (SSSR count). The summed E-state index contributed by atoms with van der Waals surface area (Å²) >= 11 is 0. The third kappa shape index (κ3) is 0.652. The molecule has 0 radical (unpaired) electrons. The molecule has 10 aliphatic heterocycles. The van der Waals surface area contributed by atoms with Gasteiger partial charge in [0.1, 0.15) is 0 Å². The molecule has 4 aromatic rings. The van der Waals surface area contributed by atoms with E-state index in [2.05, 4.69) is 133 Å². The van der Waals surface area contributed by atoms with E-state index >= 15 is 0 Å². The van der Waals surface area contributed by atoms with Crippen LogP contribution in [0.15, 0.2) is 121 Å². The monoisotopic (exact) mass is 611 g/mol. The van der Waals surface area contributed by atoms with Gasteiger partial charge in [-0.2, -0.15) is 0 Å². The summed E-state index contributed by atoms with van der Waals surface area (Å²) in [6.45, 7) is -3.41. The molecule has 10 fully saturated rings. The minimum absolute atomic E-state index is 0.410. The van der Waals surface area contributed by atoms with E-state index in [0.717, 1.165) is 10.4 Å². The molecule has 10 aliphatic rings. The Labute approximate surface area is 235 Å². The normalized spacial score (nSPS) is 57.2.